The second-order valence-corrected chi connectivity index (χ2v) is 8.84. The van der Waals surface area contributed by atoms with Crippen LogP contribution in [-0.2, 0) is 10.6 Å². The normalized spacial score (nSPS) is 22.0. The summed E-state index contributed by atoms with van der Waals surface area (Å²) in [7, 11) is 0. The van der Waals surface area contributed by atoms with Crippen LogP contribution < -0.4 is 0 Å². The molecule has 0 fully saturated rings. The predicted octanol–water partition coefficient (Wildman–Crippen LogP) is 5.25. The van der Waals surface area contributed by atoms with Gasteiger partial charge < -0.3 is 4.84 Å². The molecule has 1 spiro atoms. The van der Waals surface area contributed by atoms with Gasteiger partial charge in [0.05, 0.1) is 10.8 Å². The minimum absolute atomic E-state index is 0.00138. The van der Waals surface area contributed by atoms with E-state index in [0.717, 1.165) is 22.3 Å². The van der Waals surface area contributed by atoms with Crippen molar-refractivity contribution in [2.45, 2.75) is 23.5 Å². The van der Waals surface area contributed by atoms with Gasteiger partial charge in [0.1, 0.15) is 5.71 Å². The predicted molar refractivity (Wildman–Crippen MR) is 119 cm³/mol. The van der Waals surface area contributed by atoms with Crippen molar-refractivity contribution in [2.24, 2.45) is 5.16 Å². The molecule has 154 valence electrons. The third-order valence-electron chi connectivity index (χ3n) is 5.74. The third kappa shape index (κ3) is 3.13. The smallest absolute Gasteiger partial charge is 0.269 e. The molecule has 2 unspecified atom stereocenters. The minimum Gasteiger partial charge on any atom is -0.368 e. The van der Waals surface area contributed by atoms with E-state index in [-0.39, 0.29) is 11.5 Å². The van der Waals surface area contributed by atoms with Crippen LogP contribution >= 0.6 is 11.8 Å². The highest BCUT2D eigenvalue weighted by molar-refractivity contribution is 8.00. The Labute approximate surface area is 183 Å². The van der Waals surface area contributed by atoms with Crippen molar-refractivity contribution < 1.29 is 14.6 Å². The first kappa shape index (κ1) is 19.5. The van der Waals surface area contributed by atoms with Crippen LogP contribution in [0.2, 0.25) is 0 Å². The second kappa shape index (κ2) is 7.35. The SMILES string of the molecule is Cc1ccc(C2=NOC3(SCc4ccccc4C3=O)C2c2ccc([N+](=O)[O-])cc2)cc1. The zero-order valence-corrected chi connectivity index (χ0v) is 17.5. The molecule has 0 saturated carbocycles. The molecule has 7 heteroatoms. The van der Waals surface area contributed by atoms with E-state index in [1.165, 1.54) is 23.9 Å². The molecule has 3 aromatic rings. The van der Waals surface area contributed by atoms with Crippen molar-refractivity contribution in [3.05, 3.63) is 111 Å². The number of fused-ring (bicyclic) bond motifs is 1. The molecule has 0 aliphatic carbocycles. The largest absolute Gasteiger partial charge is 0.368 e. The van der Waals surface area contributed by atoms with Crippen LogP contribution in [0.15, 0.2) is 78.0 Å². The molecular formula is C24H18N2O4S. The molecule has 0 saturated heterocycles. The van der Waals surface area contributed by atoms with Crippen molar-refractivity contribution in [3.63, 3.8) is 0 Å². The lowest BCUT2D eigenvalue weighted by molar-refractivity contribution is -0.384. The number of nitrogens with zero attached hydrogens (tertiary/aromatic N) is 2. The van der Waals surface area contributed by atoms with Crippen molar-refractivity contribution >= 4 is 28.9 Å². The van der Waals surface area contributed by atoms with Gasteiger partial charge in [-0.1, -0.05) is 83.1 Å². The first-order valence-corrected chi connectivity index (χ1v) is 10.8. The number of Topliss-reactive ketones (excluding diaryl/α,β-unsaturated/α-hetero) is 1. The Bertz CT molecular complexity index is 1220. The Morgan fingerprint density at radius 1 is 1.06 bits per heavy atom. The van der Waals surface area contributed by atoms with Gasteiger partial charge in [-0.2, -0.15) is 0 Å². The van der Waals surface area contributed by atoms with Crippen molar-refractivity contribution in [1.82, 2.24) is 0 Å². The van der Waals surface area contributed by atoms with Gasteiger partial charge in [-0.3, -0.25) is 14.9 Å². The van der Waals surface area contributed by atoms with Crippen molar-refractivity contribution in [2.75, 3.05) is 0 Å². The van der Waals surface area contributed by atoms with Gasteiger partial charge >= 0.3 is 0 Å². The van der Waals surface area contributed by atoms with Gasteiger partial charge in [-0.15, -0.1) is 0 Å². The number of rotatable bonds is 3. The fraction of sp³-hybridized carbons (Fsp3) is 0.167. The number of benzene rings is 3. The number of aryl methyl sites for hydroxylation is 1. The summed E-state index contributed by atoms with van der Waals surface area (Å²) in [6.07, 6.45) is 0. The summed E-state index contributed by atoms with van der Waals surface area (Å²) in [6, 6.07) is 21.7. The molecule has 0 aromatic heterocycles. The number of non-ortho nitro benzene ring substituents is 1. The van der Waals surface area contributed by atoms with E-state index in [1.54, 1.807) is 12.1 Å². The van der Waals surface area contributed by atoms with Crippen LogP contribution in [0.25, 0.3) is 0 Å². The summed E-state index contributed by atoms with van der Waals surface area (Å²) in [6.45, 7) is 2.00. The molecule has 2 aliphatic heterocycles. The van der Waals surface area contributed by atoms with Crippen molar-refractivity contribution in [3.8, 4) is 0 Å². The number of carbonyl (C=O) groups is 1. The molecule has 3 aromatic carbocycles. The molecule has 6 nitrogen and oxygen atoms in total. The first-order chi connectivity index (χ1) is 15.0. The molecular weight excluding hydrogens is 412 g/mol. The van der Waals surface area contributed by atoms with Gasteiger partial charge in [0.25, 0.3) is 10.6 Å². The number of nitro groups is 1. The van der Waals surface area contributed by atoms with Gasteiger partial charge in [-0.25, -0.2) is 0 Å². The number of thioether (sulfide) groups is 1. The highest BCUT2D eigenvalue weighted by Gasteiger charge is 2.58. The number of carbonyl (C=O) groups excluding carboxylic acids is 1. The molecule has 5 rings (SSSR count). The van der Waals surface area contributed by atoms with Crippen molar-refractivity contribution in [1.29, 1.82) is 0 Å². The summed E-state index contributed by atoms with van der Waals surface area (Å²) in [5, 5.41) is 15.5. The van der Waals surface area contributed by atoms with Crippen LogP contribution in [-0.4, -0.2) is 21.4 Å². The second-order valence-electron chi connectivity index (χ2n) is 7.66. The van der Waals surface area contributed by atoms with Gasteiger partial charge in [0.2, 0.25) is 5.78 Å². The average Bonchev–Trinajstić information content (AvgIpc) is 3.17. The maximum atomic E-state index is 13.7. The van der Waals surface area contributed by atoms with E-state index in [9.17, 15) is 14.9 Å². The Morgan fingerprint density at radius 3 is 2.48 bits per heavy atom. The van der Waals surface area contributed by atoms with Gasteiger partial charge in [0, 0.05) is 29.0 Å². The molecule has 0 bridgehead atoms. The summed E-state index contributed by atoms with van der Waals surface area (Å²) in [4.78, 5) is 29.1. The Morgan fingerprint density at radius 2 is 1.77 bits per heavy atom. The fourth-order valence-electron chi connectivity index (χ4n) is 4.10. The average molecular weight is 430 g/mol. The summed E-state index contributed by atoms with van der Waals surface area (Å²) in [5.41, 5.74) is 4.97. The Balaban J connectivity index is 1.64. The zero-order chi connectivity index (χ0) is 21.6. The van der Waals surface area contributed by atoms with Crippen LogP contribution in [0.5, 0.6) is 0 Å². The quantitative estimate of drug-likeness (QED) is 0.419. The van der Waals surface area contributed by atoms with E-state index in [0.29, 0.717) is 17.0 Å². The number of hydrogen-bond donors (Lipinski definition) is 0. The summed E-state index contributed by atoms with van der Waals surface area (Å²) in [5.74, 6) is -0.0160. The standard InChI is InChI=1S/C24H18N2O4S/c1-15-6-8-17(9-7-15)22-21(16-10-12-19(13-11-16)26(28)29)24(30-25-22)23(27)20-5-3-2-4-18(20)14-31-24/h2-13,21H,14H2,1H3. The lowest BCUT2D eigenvalue weighted by atomic mass is 9.81. The highest BCUT2D eigenvalue weighted by Crippen LogP contribution is 2.53. The van der Waals surface area contributed by atoms with E-state index in [4.69, 9.17) is 4.84 Å². The minimum atomic E-state index is -1.25. The third-order valence-corrected chi connectivity index (χ3v) is 7.12. The molecule has 0 radical (unpaired) electrons. The topological polar surface area (TPSA) is 81.8 Å². The highest BCUT2D eigenvalue weighted by atomic mass is 32.2. The van der Waals surface area contributed by atoms with E-state index >= 15 is 0 Å². The van der Waals surface area contributed by atoms with Crippen LogP contribution in [0.4, 0.5) is 5.69 Å². The Hall–Kier alpha value is -3.45. The first-order valence-electron chi connectivity index (χ1n) is 9.84. The maximum absolute atomic E-state index is 13.7. The Kier molecular flexibility index (Phi) is 4.63. The van der Waals surface area contributed by atoms with E-state index in [2.05, 4.69) is 5.16 Å². The van der Waals surface area contributed by atoms with E-state index in [1.807, 2.05) is 55.5 Å². The van der Waals surface area contributed by atoms with Gasteiger partial charge in [-0.05, 0) is 18.1 Å². The molecule has 2 heterocycles. The number of hydrogen-bond acceptors (Lipinski definition) is 6. The lowest BCUT2D eigenvalue weighted by Gasteiger charge is -2.35. The summed E-state index contributed by atoms with van der Waals surface area (Å²) >= 11 is 1.42. The maximum Gasteiger partial charge on any atom is 0.269 e. The molecule has 2 atom stereocenters. The monoisotopic (exact) mass is 430 g/mol. The number of nitro benzene ring substituents is 1. The summed E-state index contributed by atoms with van der Waals surface area (Å²) < 4.78 is 0. The zero-order valence-electron chi connectivity index (χ0n) is 16.6. The fourth-order valence-corrected chi connectivity index (χ4v) is 5.47. The number of oxime groups is 1. The molecule has 2 aliphatic rings. The molecule has 31 heavy (non-hydrogen) atoms. The van der Waals surface area contributed by atoms with Crippen LogP contribution in [0.3, 0.4) is 0 Å². The van der Waals surface area contributed by atoms with E-state index < -0.39 is 15.8 Å². The molecule has 0 amide bonds. The number of ketones is 1. The molecule has 0 N–H and O–H groups in total. The lowest BCUT2D eigenvalue weighted by Crippen LogP contribution is -2.45. The van der Waals surface area contributed by atoms with Crippen LogP contribution in [0.1, 0.15) is 38.5 Å². The van der Waals surface area contributed by atoms with Crippen LogP contribution in [0, 0.1) is 17.0 Å². The van der Waals surface area contributed by atoms with Gasteiger partial charge in [0.15, 0.2) is 0 Å².